The standard InChI is InChI=1S/C10H12N2O2S2/c1-16(13,14)5-4-11-8-2-3-9-10(6-8)15-7-12-9/h2-3,6-7,11H,4-5H2,1H3. The van der Waals surface area contributed by atoms with Crippen LogP contribution in [0.15, 0.2) is 23.7 Å². The summed E-state index contributed by atoms with van der Waals surface area (Å²) in [7, 11) is -2.90. The first-order valence-corrected chi connectivity index (χ1v) is 7.73. The van der Waals surface area contributed by atoms with Gasteiger partial charge in [-0.05, 0) is 18.2 Å². The first kappa shape index (κ1) is 11.3. The Morgan fingerprint density at radius 2 is 2.25 bits per heavy atom. The van der Waals surface area contributed by atoms with E-state index >= 15 is 0 Å². The highest BCUT2D eigenvalue weighted by Gasteiger charge is 2.02. The Morgan fingerprint density at radius 3 is 3.00 bits per heavy atom. The minimum absolute atomic E-state index is 0.147. The van der Waals surface area contributed by atoms with Crippen LogP contribution in [0.4, 0.5) is 5.69 Å². The van der Waals surface area contributed by atoms with Gasteiger partial charge in [-0.3, -0.25) is 0 Å². The Bertz CT molecular complexity index is 590. The SMILES string of the molecule is CS(=O)(=O)CCNc1ccc2ncsc2c1. The van der Waals surface area contributed by atoms with E-state index in [1.165, 1.54) is 6.26 Å². The maximum absolute atomic E-state index is 10.9. The van der Waals surface area contributed by atoms with Gasteiger partial charge in [0, 0.05) is 18.5 Å². The van der Waals surface area contributed by atoms with Crippen molar-refractivity contribution in [2.75, 3.05) is 23.9 Å². The summed E-state index contributed by atoms with van der Waals surface area (Å²) in [6.07, 6.45) is 1.24. The lowest BCUT2D eigenvalue weighted by atomic mass is 10.3. The number of fused-ring (bicyclic) bond motifs is 1. The van der Waals surface area contributed by atoms with Crippen LogP contribution in [0.1, 0.15) is 0 Å². The number of hydrogen-bond donors (Lipinski definition) is 1. The number of anilines is 1. The molecule has 6 heteroatoms. The summed E-state index contributed by atoms with van der Waals surface area (Å²) in [6, 6.07) is 5.81. The van der Waals surface area contributed by atoms with E-state index in [-0.39, 0.29) is 5.75 Å². The predicted molar refractivity (Wildman–Crippen MR) is 67.8 cm³/mol. The fourth-order valence-electron chi connectivity index (χ4n) is 1.35. The molecule has 2 rings (SSSR count). The van der Waals surface area contributed by atoms with Gasteiger partial charge in [0.15, 0.2) is 0 Å². The zero-order valence-electron chi connectivity index (χ0n) is 8.80. The molecule has 0 unspecified atom stereocenters. The van der Waals surface area contributed by atoms with Crippen LogP contribution in [-0.4, -0.2) is 32.0 Å². The van der Waals surface area contributed by atoms with Gasteiger partial charge in [-0.25, -0.2) is 13.4 Å². The summed E-state index contributed by atoms with van der Waals surface area (Å²) in [4.78, 5) is 4.17. The van der Waals surface area contributed by atoms with Crippen molar-refractivity contribution in [1.29, 1.82) is 0 Å². The van der Waals surface area contributed by atoms with Crippen LogP contribution >= 0.6 is 11.3 Å². The largest absolute Gasteiger partial charge is 0.384 e. The third kappa shape index (κ3) is 2.93. The number of nitrogens with one attached hydrogen (secondary N) is 1. The smallest absolute Gasteiger partial charge is 0.149 e. The molecule has 0 saturated heterocycles. The quantitative estimate of drug-likeness (QED) is 0.905. The van der Waals surface area contributed by atoms with Crippen molar-refractivity contribution < 1.29 is 8.42 Å². The van der Waals surface area contributed by atoms with Crippen LogP contribution in [0.25, 0.3) is 10.2 Å². The molecule has 86 valence electrons. The fraction of sp³-hybridized carbons (Fsp3) is 0.300. The third-order valence-electron chi connectivity index (χ3n) is 2.13. The first-order chi connectivity index (χ1) is 7.54. The number of hydrogen-bond acceptors (Lipinski definition) is 5. The average molecular weight is 256 g/mol. The minimum Gasteiger partial charge on any atom is -0.384 e. The summed E-state index contributed by atoms with van der Waals surface area (Å²) in [5.41, 5.74) is 3.70. The topological polar surface area (TPSA) is 59.1 Å². The molecule has 16 heavy (non-hydrogen) atoms. The maximum Gasteiger partial charge on any atom is 0.149 e. The molecular formula is C10H12N2O2S2. The molecular weight excluding hydrogens is 244 g/mol. The van der Waals surface area contributed by atoms with E-state index < -0.39 is 9.84 Å². The summed E-state index contributed by atoms with van der Waals surface area (Å²) >= 11 is 1.57. The molecule has 0 saturated carbocycles. The van der Waals surface area contributed by atoms with Gasteiger partial charge in [-0.1, -0.05) is 0 Å². The van der Waals surface area contributed by atoms with Crippen LogP contribution < -0.4 is 5.32 Å². The highest BCUT2D eigenvalue weighted by atomic mass is 32.2. The van der Waals surface area contributed by atoms with Crippen LogP contribution in [0.3, 0.4) is 0 Å². The molecule has 0 aliphatic rings. The van der Waals surface area contributed by atoms with Crippen molar-refractivity contribution in [2.24, 2.45) is 0 Å². The molecule has 0 amide bonds. The van der Waals surface area contributed by atoms with E-state index in [9.17, 15) is 8.42 Å². The summed E-state index contributed by atoms with van der Waals surface area (Å²) in [5.74, 6) is 0.147. The number of thiazole rings is 1. The van der Waals surface area contributed by atoms with Gasteiger partial charge in [-0.2, -0.15) is 0 Å². The van der Waals surface area contributed by atoms with Crippen molar-refractivity contribution in [3.8, 4) is 0 Å². The van der Waals surface area contributed by atoms with Gasteiger partial charge in [0.05, 0.1) is 21.5 Å². The molecule has 0 atom stereocenters. The maximum atomic E-state index is 10.9. The third-order valence-corrected chi connectivity index (χ3v) is 3.87. The molecule has 0 aliphatic heterocycles. The molecule has 2 aromatic rings. The van der Waals surface area contributed by atoms with E-state index in [1.54, 1.807) is 16.8 Å². The lowest BCUT2D eigenvalue weighted by Gasteiger charge is -2.04. The molecule has 1 heterocycles. The Morgan fingerprint density at radius 1 is 1.44 bits per heavy atom. The first-order valence-electron chi connectivity index (χ1n) is 4.79. The Balaban J connectivity index is 2.04. The lowest BCUT2D eigenvalue weighted by molar-refractivity contribution is 0.602. The van der Waals surface area contributed by atoms with Crippen LogP contribution in [0.5, 0.6) is 0 Å². The Hall–Kier alpha value is -1.14. The molecule has 1 aromatic heterocycles. The van der Waals surface area contributed by atoms with Crippen molar-refractivity contribution >= 4 is 37.1 Å². The second-order valence-corrected chi connectivity index (χ2v) is 6.74. The van der Waals surface area contributed by atoms with Gasteiger partial charge in [-0.15, -0.1) is 11.3 Å². The number of aromatic nitrogens is 1. The normalized spacial score (nSPS) is 11.8. The second-order valence-electron chi connectivity index (χ2n) is 3.59. The van der Waals surface area contributed by atoms with Gasteiger partial charge in [0.2, 0.25) is 0 Å². The number of nitrogens with zero attached hydrogens (tertiary/aromatic N) is 1. The molecule has 0 fully saturated rings. The number of sulfone groups is 1. The van der Waals surface area contributed by atoms with Crippen molar-refractivity contribution in [2.45, 2.75) is 0 Å². The van der Waals surface area contributed by atoms with Gasteiger partial charge < -0.3 is 5.32 Å². The number of benzene rings is 1. The molecule has 0 spiro atoms. The zero-order chi connectivity index (χ0) is 11.6. The van der Waals surface area contributed by atoms with Crippen molar-refractivity contribution in [3.05, 3.63) is 23.7 Å². The summed E-state index contributed by atoms with van der Waals surface area (Å²) < 4.78 is 23.0. The molecule has 0 radical (unpaired) electrons. The second kappa shape index (κ2) is 4.39. The molecule has 1 aromatic carbocycles. The predicted octanol–water partition coefficient (Wildman–Crippen LogP) is 1.75. The van der Waals surface area contributed by atoms with Crippen LogP contribution in [-0.2, 0) is 9.84 Å². The van der Waals surface area contributed by atoms with E-state index in [4.69, 9.17) is 0 Å². The van der Waals surface area contributed by atoms with Crippen molar-refractivity contribution in [3.63, 3.8) is 0 Å². The molecule has 1 N–H and O–H groups in total. The molecule has 0 bridgehead atoms. The summed E-state index contributed by atoms with van der Waals surface area (Å²) in [5, 5.41) is 3.08. The lowest BCUT2D eigenvalue weighted by Crippen LogP contribution is -2.13. The van der Waals surface area contributed by atoms with Gasteiger partial charge in [0.1, 0.15) is 9.84 Å². The molecule has 0 aliphatic carbocycles. The van der Waals surface area contributed by atoms with E-state index in [0.717, 1.165) is 15.9 Å². The minimum atomic E-state index is -2.90. The fourth-order valence-corrected chi connectivity index (χ4v) is 2.54. The highest BCUT2D eigenvalue weighted by Crippen LogP contribution is 2.21. The summed E-state index contributed by atoms with van der Waals surface area (Å²) in [6.45, 7) is 0.434. The zero-order valence-corrected chi connectivity index (χ0v) is 10.4. The van der Waals surface area contributed by atoms with Crippen molar-refractivity contribution in [1.82, 2.24) is 4.98 Å². The monoisotopic (exact) mass is 256 g/mol. The Kier molecular flexibility index (Phi) is 3.11. The van der Waals surface area contributed by atoms with Crippen LogP contribution in [0.2, 0.25) is 0 Å². The average Bonchev–Trinajstić information content (AvgIpc) is 2.62. The van der Waals surface area contributed by atoms with E-state index in [1.807, 2.05) is 18.2 Å². The van der Waals surface area contributed by atoms with Crippen LogP contribution in [0, 0.1) is 0 Å². The highest BCUT2D eigenvalue weighted by molar-refractivity contribution is 7.90. The van der Waals surface area contributed by atoms with Gasteiger partial charge >= 0.3 is 0 Å². The Labute approximate surface area is 98.2 Å². The van der Waals surface area contributed by atoms with E-state index in [2.05, 4.69) is 10.3 Å². The van der Waals surface area contributed by atoms with Gasteiger partial charge in [0.25, 0.3) is 0 Å². The molecule has 4 nitrogen and oxygen atoms in total. The number of rotatable bonds is 4. The van der Waals surface area contributed by atoms with E-state index in [0.29, 0.717) is 6.54 Å².